The lowest BCUT2D eigenvalue weighted by molar-refractivity contribution is -0.148. The molecule has 0 spiro atoms. The largest absolute Gasteiger partial charge is 0.462 e. The molecule has 0 fully saturated rings. The van der Waals surface area contributed by atoms with Gasteiger partial charge in [0.2, 0.25) is 0 Å². The van der Waals surface area contributed by atoms with Gasteiger partial charge in [0.1, 0.15) is 5.57 Å². The molecule has 1 aromatic rings. The molecule has 0 saturated carbocycles. The summed E-state index contributed by atoms with van der Waals surface area (Å²) in [7, 11) is 0. The zero-order valence-corrected chi connectivity index (χ0v) is 17.4. The second-order valence-corrected chi connectivity index (χ2v) is 7.66. The molecule has 0 bridgehead atoms. The van der Waals surface area contributed by atoms with Gasteiger partial charge in [0.05, 0.1) is 13.2 Å². The van der Waals surface area contributed by atoms with Crippen molar-refractivity contribution in [1.29, 1.82) is 0 Å². The summed E-state index contributed by atoms with van der Waals surface area (Å²) in [5, 5.41) is 0. The first-order valence-corrected chi connectivity index (χ1v) is 9.99. The van der Waals surface area contributed by atoms with Crippen LogP contribution < -0.4 is 0 Å². The van der Waals surface area contributed by atoms with Crippen LogP contribution in [0.1, 0.15) is 65.9 Å². The number of carbonyl (C=O) groups is 2. The monoisotopic (exact) mass is 374 g/mol. The quantitative estimate of drug-likeness (QED) is 0.171. The van der Waals surface area contributed by atoms with Gasteiger partial charge < -0.3 is 9.47 Å². The second kappa shape index (κ2) is 12.3. The molecule has 27 heavy (non-hydrogen) atoms. The topological polar surface area (TPSA) is 52.6 Å². The standard InChI is InChI=1S/C23H34O4/c1-6-7-9-14-20(19-12-10-8-11-13-19)21(22(24)26-15-17(2)3)23(25)27-16-18(4)5/h8,10-13,17-18H,6-7,9,14-16H2,1-5H3. The third-order valence-corrected chi connectivity index (χ3v) is 3.96. The number of rotatable bonds is 11. The molecule has 4 nitrogen and oxygen atoms in total. The minimum atomic E-state index is -0.590. The molecular formula is C23H34O4. The fourth-order valence-electron chi connectivity index (χ4n) is 2.56. The third kappa shape index (κ3) is 8.42. The Balaban J connectivity index is 3.29. The highest BCUT2D eigenvalue weighted by Gasteiger charge is 2.27. The Kier molecular flexibility index (Phi) is 10.5. The van der Waals surface area contributed by atoms with Crippen molar-refractivity contribution in [3.05, 3.63) is 41.5 Å². The Morgan fingerprint density at radius 1 is 0.852 bits per heavy atom. The van der Waals surface area contributed by atoms with E-state index in [4.69, 9.17) is 9.47 Å². The Labute approximate surface area is 163 Å². The van der Waals surface area contributed by atoms with E-state index in [1.165, 1.54) is 0 Å². The van der Waals surface area contributed by atoms with Crippen molar-refractivity contribution in [3.8, 4) is 0 Å². The molecule has 0 aromatic heterocycles. The van der Waals surface area contributed by atoms with Gasteiger partial charge in [0, 0.05) is 0 Å². The first-order valence-electron chi connectivity index (χ1n) is 9.99. The van der Waals surface area contributed by atoms with Crippen LogP contribution in [0.2, 0.25) is 0 Å². The molecule has 0 saturated heterocycles. The molecule has 0 radical (unpaired) electrons. The molecule has 0 aliphatic rings. The number of unbranched alkanes of at least 4 members (excludes halogenated alkanes) is 2. The van der Waals surface area contributed by atoms with Crippen LogP contribution in [0.15, 0.2) is 35.9 Å². The number of ether oxygens (including phenoxy) is 2. The zero-order chi connectivity index (χ0) is 20.2. The first-order chi connectivity index (χ1) is 12.9. The summed E-state index contributed by atoms with van der Waals surface area (Å²) >= 11 is 0. The van der Waals surface area contributed by atoms with E-state index in [0.29, 0.717) is 12.0 Å². The number of carbonyl (C=O) groups excluding carboxylic acids is 2. The SMILES string of the molecule is CCCCCC(=C(C(=O)OCC(C)C)C(=O)OCC(C)C)c1ccccc1. The van der Waals surface area contributed by atoms with E-state index < -0.39 is 11.9 Å². The summed E-state index contributed by atoms with van der Waals surface area (Å²) < 4.78 is 10.8. The van der Waals surface area contributed by atoms with Crippen molar-refractivity contribution in [2.75, 3.05) is 13.2 Å². The van der Waals surface area contributed by atoms with E-state index in [1.807, 2.05) is 58.0 Å². The highest BCUT2D eigenvalue weighted by molar-refractivity contribution is 6.20. The molecule has 1 aromatic carbocycles. The highest BCUT2D eigenvalue weighted by Crippen LogP contribution is 2.27. The molecule has 0 unspecified atom stereocenters. The Hall–Kier alpha value is -2.10. The van der Waals surface area contributed by atoms with E-state index in [1.54, 1.807) is 0 Å². The Morgan fingerprint density at radius 3 is 1.81 bits per heavy atom. The minimum Gasteiger partial charge on any atom is -0.462 e. The second-order valence-electron chi connectivity index (χ2n) is 7.66. The summed E-state index contributed by atoms with van der Waals surface area (Å²) in [6, 6.07) is 9.58. The van der Waals surface area contributed by atoms with Crippen molar-refractivity contribution in [2.24, 2.45) is 11.8 Å². The summed E-state index contributed by atoms with van der Waals surface area (Å²) in [5.41, 5.74) is 1.62. The molecule has 1 rings (SSSR count). The van der Waals surface area contributed by atoms with E-state index in [-0.39, 0.29) is 30.6 Å². The van der Waals surface area contributed by atoms with Crippen LogP contribution in [0.3, 0.4) is 0 Å². The van der Waals surface area contributed by atoms with Crippen molar-refractivity contribution in [3.63, 3.8) is 0 Å². The average Bonchev–Trinajstić information content (AvgIpc) is 2.64. The number of esters is 2. The lowest BCUT2D eigenvalue weighted by Crippen LogP contribution is -2.23. The van der Waals surface area contributed by atoms with Crippen LogP contribution >= 0.6 is 0 Å². The lowest BCUT2D eigenvalue weighted by atomic mass is 9.94. The van der Waals surface area contributed by atoms with Crippen molar-refractivity contribution < 1.29 is 19.1 Å². The molecule has 0 atom stereocenters. The summed E-state index contributed by atoms with van der Waals surface area (Å²) in [6.07, 6.45) is 3.64. The van der Waals surface area contributed by atoms with Gasteiger partial charge in [-0.2, -0.15) is 0 Å². The van der Waals surface area contributed by atoms with Gasteiger partial charge in [-0.1, -0.05) is 77.8 Å². The van der Waals surface area contributed by atoms with Crippen LogP contribution in [0.5, 0.6) is 0 Å². The number of benzene rings is 1. The molecule has 0 aliphatic heterocycles. The normalized spacial score (nSPS) is 10.8. The Morgan fingerprint density at radius 2 is 1.37 bits per heavy atom. The van der Waals surface area contributed by atoms with Gasteiger partial charge in [-0.25, -0.2) is 9.59 Å². The van der Waals surface area contributed by atoms with Gasteiger partial charge in [-0.05, 0) is 35.8 Å². The van der Waals surface area contributed by atoms with E-state index in [9.17, 15) is 9.59 Å². The predicted octanol–water partition coefficient (Wildman–Crippen LogP) is 5.42. The van der Waals surface area contributed by atoms with Gasteiger partial charge in [0.25, 0.3) is 0 Å². The molecule has 0 aliphatic carbocycles. The first kappa shape index (κ1) is 22.9. The lowest BCUT2D eigenvalue weighted by Gasteiger charge is -2.16. The zero-order valence-electron chi connectivity index (χ0n) is 17.4. The predicted molar refractivity (Wildman–Crippen MR) is 109 cm³/mol. The van der Waals surface area contributed by atoms with E-state index in [0.717, 1.165) is 24.8 Å². The summed E-state index contributed by atoms with van der Waals surface area (Å²) in [6.45, 7) is 10.5. The average molecular weight is 375 g/mol. The highest BCUT2D eigenvalue weighted by atomic mass is 16.6. The molecule has 0 N–H and O–H groups in total. The van der Waals surface area contributed by atoms with Crippen molar-refractivity contribution >= 4 is 17.5 Å². The van der Waals surface area contributed by atoms with Gasteiger partial charge in [0.15, 0.2) is 0 Å². The Bertz CT molecular complexity index is 589. The minimum absolute atomic E-state index is 0.0404. The maximum Gasteiger partial charge on any atom is 0.345 e. The van der Waals surface area contributed by atoms with Crippen LogP contribution in [0, 0.1) is 11.8 Å². The van der Waals surface area contributed by atoms with Gasteiger partial charge >= 0.3 is 11.9 Å². The van der Waals surface area contributed by atoms with Crippen LogP contribution in [-0.2, 0) is 19.1 Å². The molecule has 150 valence electrons. The van der Waals surface area contributed by atoms with Crippen LogP contribution in [-0.4, -0.2) is 25.2 Å². The third-order valence-electron chi connectivity index (χ3n) is 3.96. The van der Waals surface area contributed by atoms with Crippen LogP contribution in [0.4, 0.5) is 0 Å². The van der Waals surface area contributed by atoms with Crippen LogP contribution in [0.25, 0.3) is 5.57 Å². The molecule has 0 amide bonds. The van der Waals surface area contributed by atoms with Crippen molar-refractivity contribution in [1.82, 2.24) is 0 Å². The number of allylic oxidation sites excluding steroid dienone is 1. The maximum absolute atomic E-state index is 12.8. The van der Waals surface area contributed by atoms with Gasteiger partial charge in [-0.3, -0.25) is 0 Å². The summed E-state index contributed by atoms with van der Waals surface area (Å²) in [5.74, 6) is -0.787. The van der Waals surface area contributed by atoms with Gasteiger partial charge in [-0.15, -0.1) is 0 Å². The molecule has 4 heteroatoms. The fourth-order valence-corrected chi connectivity index (χ4v) is 2.56. The number of hydrogen-bond donors (Lipinski definition) is 0. The summed E-state index contributed by atoms with van der Waals surface area (Å²) in [4.78, 5) is 25.6. The maximum atomic E-state index is 12.8. The van der Waals surface area contributed by atoms with Crippen molar-refractivity contribution in [2.45, 2.75) is 60.3 Å². The van der Waals surface area contributed by atoms with E-state index >= 15 is 0 Å². The fraction of sp³-hybridized carbons (Fsp3) is 0.565. The molecular weight excluding hydrogens is 340 g/mol. The molecule has 0 heterocycles. The van der Waals surface area contributed by atoms with E-state index in [2.05, 4.69) is 6.92 Å². The smallest absolute Gasteiger partial charge is 0.345 e. The number of hydrogen-bond acceptors (Lipinski definition) is 4.